The number of Topliss-reactive ketones (excluding diaryl/α,β-unsaturated/α-hetero) is 1. The number of hydrogen-bond acceptors (Lipinski definition) is 4. The van der Waals surface area contributed by atoms with E-state index in [9.17, 15) is 14.0 Å². The molecule has 1 N–H and O–H groups in total. The lowest BCUT2D eigenvalue weighted by atomic mass is 10.1. The second kappa shape index (κ2) is 5.79. The van der Waals surface area contributed by atoms with Crippen LogP contribution in [0, 0.1) is 12.7 Å². The molecule has 0 spiro atoms. The summed E-state index contributed by atoms with van der Waals surface area (Å²) >= 11 is 1.18. The average Bonchev–Trinajstić information content (AvgIpc) is 2.36. The van der Waals surface area contributed by atoms with Gasteiger partial charge in [-0.15, -0.1) is 0 Å². The van der Waals surface area contributed by atoms with Crippen LogP contribution in [-0.4, -0.2) is 21.5 Å². The Morgan fingerprint density at radius 3 is 2.68 bits per heavy atom. The van der Waals surface area contributed by atoms with Gasteiger partial charge in [-0.3, -0.25) is 4.79 Å². The SMILES string of the molecule is Cc1cc(SCC(=O)c2ccc(F)cc2)nc(=O)[nH]1. The minimum absolute atomic E-state index is 0.135. The Hall–Kier alpha value is -1.95. The molecule has 1 aromatic heterocycles. The number of thioether (sulfide) groups is 1. The third-order valence-corrected chi connectivity index (χ3v) is 3.28. The quantitative estimate of drug-likeness (QED) is 0.529. The number of aromatic amines is 1. The monoisotopic (exact) mass is 278 g/mol. The summed E-state index contributed by atoms with van der Waals surface area (Å²) in [6.45, 7) is 1.74. The van der Waals surface area contributed by atoms with Crippen molar-refractivity contribution in [3.05, 3.63) is 57.9 Å². The Kier molecular flexibility index (Phi) is 4.11. The van der Waals surface area contributed by atoms with Gasteiger partial charge in [0.1, 0.15) is 10.8 Å². The van der Waals surface area contributed by atoms with Crippen LogP contribution in [0.25, 0.3) is 0 Å². The summed E-state index contributed by atoms with van der Waals surface area (Å²) < 4.78 is 12.7. The van der Waals surface area contributed by atoms with Gasteiger partial charge >= 0.3 is 5.69 Å². The van der Waals surface area contributed by atoms with E-state index >= 15 is 0 Å². The first-order chi connectivity index (χ1) is 9.04. The molecule has 2 rings (SSSR count). The summed E-state index contributed by atoms with van der Waals surface area (Å²) in [4.78, 5) is 29.3. The van der Waals surface area contributed by atoms with Gasteiger partial charge in [0, 0.05) is 11.3 Å². The van der Waals surface area contributed by atoms with Crippen LogP contribution in [0.2, 0.25) is 0 Å². The third kappa shape index (κ3) is 3.75. The Balaban J connectivity index is 2.04. The molecule has 0 atom stereocenters. The molecule has 0 fully saturated rings. The standard InChI is InChI=1S/C13H11FN2O2S/c1-8-6-12(16-13(18)15-8)19-7-11(17)9-2-4-10(14)5-3-9/h2-6H,7H2,1H3,(H,15,16,18). The van der Waals surface area contributed by atoms with Crippen molar-refractivity contribution in [1.82, 2.24) is 9.97 Å². The molecule has 98 valence electrons. The van der Waals surface area contributed by atoms with Crippen molar-refractivity contribution in [1.29, 1.82) is 0 Å². The zero-order valence-corrected chi connectivity index (χ0v) is 11.0. The normalized spacial score (nSPS) is 10.4. The van der Waals surface area contributed by atoms with E-state index in [1.807, 2.05) is 0 Å². The number of aryl methyl sites for hydroxylation is 1. The molecule has 6 heteroatoms. The highest BCUT2D eigenvalue weighted by atomic mass is 32.2. The molecular weight excluding hydrogens is 267 g/mol. The van der Waals surface area contributed by atoms with Crippen LogP contribution in [0.3, 0.4) is 0 Å². The van der Waals surface area contributed by atoms with Gasteiger partial charge in [-0.25, -0.2) is 9.18 Å². The molecule has 0 unspecified atom stereocenters. The van der Waals surface area contributed by atoms with Gasteiger partial charge in [0.25, 0.3) is 0 Å². The van der Waals surface area contributed by atoms with Crippen molar-refractivity contribution in [2.45, 2.75) is 11.9 Å². The van der Waals surface area contributed by atoms with Crippen molar-refractivity contribution in [2.75, 3.05) is 5.75 Å². The Morgan fingerprint density at radius 2 is 2.05 bits per heavy atom. The summed E-state index contributed by atoms with van der Waals surface area (Å²) in [7, 11) is 0. The van der Waals surface area contributed by atoms with Crippen LogP contribution in [-0.2, 0) is 0 Å². The Bertz CT molecular complexity index is 652. The molecule has 0 saturated carbocycles. The smallest absolute Gasteiger partial charge is 0.310 e. The first-order valence-electron chi connectivity index (χ1n) is 5.54. The van der Waals surface area contributed by atoms with Crippen molar-refractivity contribution in [3.8, 4) is 0 Å². The highest BCUT2D eigenvalue weighted by Crippen LogP contribution is 2.16. The molecule has 0 aliphatic rings. The minimum atomic E-state index is -0.434. The molecule has 0 amide bonds. The molecule has 1 heterocycles. The van der Waals surface area contributed by atoms with Crippen molar-refractivity contribution in [3.63, 3.8) is 0 Å². The zero-order chi connectivity index (χ0) is 13.8. The van der Waals surface area contributed by atoms with E-state index in [1.54, 1.807) is 13.0 Å². The van der Waals surface area contributed by atoms with Crippen molar-refractivity contribution < 1.29 is 9.18 Å². The van der Waals surface area contributed by atoms with Gasteiger partial charge in [-0.05, 0) is 37.3 Å². The molecule has 1 aromatic carbocycles. The third-order valence-electron chi connectivity index (χ3n) is 2.37. The van der Waals surface area contributed by atoms with E-state index in [0.717, 1.165) is 0 Å². The summed E-state index contributed by atoms with van der Waals surface area (Å²) in [5.74, 6) is -0.359. The van der Waals surface area contributed by atoms with E-state index in [0.29, 0.717) is 16.3 Å². The highest BCUT2D eigenvalue weighted by Gasteiger charge is 2.08. The van der Waals surface area contributed by atoms with E-state index in [2.05, 4.69) is 9.97 Å². The minimum Gasteiger partial charge on any atom is -0.310 e. The number of benzene rings is 1. The first kappa shape index (κ1) is 13.5. The zero-order valence-electron chi connectivity index (χ0n) is 10.1. The largest absolute Gasteiger partial charge is 0.346 e. The molecule has 0 aliphatic heterocycles. The topological polar surface area (TPSA) is 62.8 Å². The van der Waals surface area contributed by atoms with Crippen LogP contribution >= 0.6 is 11.8 Å². The fraction of sp³-hybridized carbons (Fsp3) is 0.154. The number of hydrogen-bond donors (Lipinski definition) is 1. The number of nitrogens with one attached hydrogen (secondary N) is 1. The summed E-state index contributed by atoms with van der Waals surface area (Å²) in [6, 6.07) is 7.06. The van der Waals surface area contributed by atoms with Gasteiger partial charge in [-0.2, -0.15) is 4.98 Å². The maximum Gasteiger partial charge on any atom is 0.346 e. The maximum atomic E-state index is 12.7. The first-order valence-corrected chi connectivity index (χ1v) is 6.53. The highest BCUT2D eigenvalue weighted by molar-refractivity contribution is 7.99. The van der Waals surface area contributed by atoms with Crippen LogP contribution in [0.5, 0.6) is 0 Å². The summed E-state index contributed by atoms with van der Waals surface area (Å²) in [5.41, 5.74) is 0.698. The summed E-state index contributed by atoms with van der Waals surface area (Å²) in [6.07, 6.45) is 0. The Labute approximate surface area is 113 Å². The number of carbonyl (C=O) groups excluding carboxylic acids is 1. The van der Waals surface area contributed by atoms with E-state index in [4.69, 9.17) is 0 Å². The number of ketones is 1. The van der Waals surface area contributed by atoms with E-state index < -0.39 is 5.69 Å². The molecule has 4 nitrogen and oxygen atoms in total. The maximum absolute atomic E-state index is 12.7. The number of halogens is 1. The number of aromatic nitrogens is 2. The van der Waals surface area contributed by atoms with Crippen LogP contribution in [0.1, 0.15) is 16.1 Å². The number of H-pyrrole nitrogens is 1. The van der Waals surface area contributed by atoms with Gasteiger partial charge < -0.3 is 4.98 Å². The molecule has 0 radical (unpaired) electrons. The average molecular weight is 278 g/mol. The molecule has 0 aliphatic carbocycles. The molecule has 0 saturated heterocycles. The second-order valence-corrected chi connectivity index (χ2v) is 4.92. The van der Waals surface area contributed by atoms with E-state index in [1.165, 1.54) is 36.0 Å². The predicted octanol–water partition coefficient (Wildman–Crippen LogP) is 2.19. The lowest BCUT2D eigenvalue weighted by Gasteiger charge is -2.01. The lowest BCUT2D eigenvalue weighted by molar-refractivity contribution is 0.102. The summed E-state index contributed by atoms with van der Waals surface area (Å²) in [5, 5.41) is 0.497. The fourth-order valence-corrected chi connectivity index (χ4v) is 2.34. The number of carbonyl (C=O) groups is 1. The van der Waals surface area contributed by atoms with Crippen LogP contribution in [0.15, 0.2) is 40.2 Å². The number of nitrogens with zero attached hydrogens (tertiary/aromatic N) is 1. The second-order valence-electron chi connectivity index (χ2n) is 3.93. The lowest BCUT2D eigenvalue weighted by Crippen LogP contribution is -2.12. The van der Waals surface area contributed by atoms with Crippen molar-refractivity contribution in [2.24, 2.45) is 0 Å². The van der Waals surface area contributed by atoms with Gasteiger partial charge in [0.05, 0.1) is 5.75 Å². The van der Waals surface area contributed by atoms with Crippen LogP contribution < -0.4 is 5.69 Å². The number of rotatable bonds is 4. The van der Waals surface area contributed by atoms with Gasteiger partial charge in [0.2, 0.25) is 0 Å². The predicted molar refractivity (Wildman–Crippen MR) is 71.0 cm³/mol. The molecule has 0 bridgehead atoms. The van der Waals surface area contributed by atoms with Gasteiger partial charge in [0.15, 0.2) is 5.78 Å². The molecule has 19 heavy (non-hydrogen) atoms. The Morgan fingerprint density at radius 1 is 1.37 bits per heavy atom. The molecular formula is C13H11FN2O2S. The van der Waals surface area contributed by atoms with Crippen LogP contribution in [0.4, 0.5) is 4.39 Å². The van der Waals surface area contributed by atoms with Gasteiger partial charge in [-0.1, -0.05) is 11.8 Å². The van der Waals surface area contributed by atoms with Crippen molar-refractivity contribution >= 4 is 17.5 Å². The molecule has 2 aromatic rings. The fourth-order valence-electron chi connectivity index (χ4n) is 1.48. The van der Waals surface area contributed by atoms with E-state index in [-0.39, 0.29) is 17.4 Å².